The van der Waals surface area contributed by atoms with Crippen LogP contribution in [0.1, 0.15) is 29.0 Å². The van der Waals surface area contributed by atoms with Gasteiger partial charge in [-0.2, -0.15) is 5.10 Å². The van der Waals surface area contributed by atoms with Crippen LogP contribution >= 0.6 is 11.3 Å². The Morgan fingerprint density at radius 2 is 2.05 bits per heavy atom. The fourth-order valence-corrected chi connectivity index (χ4v) is 3.61. The molecule has 0 saturated carbocycles. The standard InChI is InChI=1S/C15H16N4S/c16-8-14-18-19-9-13(17-15(19)20-14)12-6-5-10-3-1-2-4-11(10)7-12/h5-7,9H,1-4,8,16H2. The molecule has 0 spiro atoms. The Hall–Kier alpha value is -1.72. The van der Waals surface area contributed by atoms with Gasteiger partial charge in [0.05, 0.1) is 11.9 Å². The molecule has 2 heterocycles. The predicted molar refractivity (Wildman–Crippen MR) is 80.8 cm³/mol. The average Bonchev–Trinajstić information content (AvgIpc) is 3.04. The van der Waals surface area contributed by atoms with E-state index >= 15 is 0 Å². The van der Waals surface area contributed by atoms with E-state index < -0.39 is 0 Å². The van der Waals surface area contributed by atoms with Gasteiger partial charge in [-0.1, -0.05) is 23.5 Å². The molecule has 102 valence electrons. The van der Waals surface area contributed by atoms with E-state index in [0.29, 0.717) is 6.54 Å². The zero-order valence-electron chi connectivity index (χ0n) is 11.2. The fourth-order valence-electron chi connectivity index (χ4n) is 2.86. The van der Waals surface area contributed by atoms with Crippen LogP contribution in [-0.2, 0) is 19.4 Å². The smallest absolute Gasteiger partial charge is 0.212 e. The van der Waals surface area contributed by atoms with Crippen molar-refractivity contribution in [3.05, 3.63) is 40.5 Å². The van der Waals surface area contributed by atoms with E-state index in [4.69, 9.17) is 5.73 Å². The number of hydrogen-bond acceptors (Lipinski definition) is 4. The third-order valence-corrected chi connectivity index (χ3v) is 4.85. The summed E-state index contributed by atoms with van der Waals surface area (Å²) in [6.45, 7) is 0.474. The van der Waals surface area contributed by atoms with Crippen LogP contribution in [0.4, 0.5) is 0 Å². The number of hydrogen-bond donors (Lipinski definition) is 1. The second kappa shape index (κ2) is 4.68. The lowest BCUT2D eigenvalue weighted by Crippen LogP contribution is -2.02. The second-order valence-electron chi connectivity index (χ2n) is 5.24. The first-order chi connectivity index (χ1) is 9.83. The zero-order chi connectivity index (χ0) is 13.5. The van der Waals surface area contributed by atoms with Crippen molar-refractivity contribution in [3.63, 3.8) is 0 Å². The van der Waals surface area contributed by atoms with Gasteiger partial charge in [-0.05, 0) is 42.9 Å². The third kappa shape index (κ3) is 1.94. The number of imidazole rings is 1. The van der Waals surface area contributed by atoms with Crippen molar-refractivity contribution < 1.29 is 0 Å². The van der Waals surface area contributed by atoms with Gasteiger partial charge in [0.1, 0.15) is 5.01 Å². The first kappa shape index (κ1) is 12.1. The first-order valence-corrected chi connectivity index (χ1v) is 7.82. The second-order valence-corrected chi connectivity index (χ2v) is 6.28. The van der Waals surface area contributed by atoms with E-state index in [1.807, 2.05) is 10.7 Å². The van der Waals surface area contributed by atoms with Crippen molar-refractivity contribution in [1.82, 2.24) is 14.6 Å². The summed E-state index contributed by atoms with van der Waals surface area (Å²) in [6, 6.07) is 6.74. The highest BCUT2D eigenvalue weighted by Gasteiger charge is 2.13. The van der Waals surface area contributed by atoms with Crippen molar-refractivity contribution in [3.8, 4) is 11.3 Å². The lowest BCUT2D eigenvalue weighted by Gasteiger charge is -2.15. The highest BCUT2D eigenvalue weighted by atomic mass is 32.1. The maximum absolute atomic E-state index is 5.61. The Bertz CT molecular complexity index is 740. The maximum Gasteiger partial charge on any atom is 0.212 e. The minimum absolute atomic E-state index is 0.474. The highest BCUT2D eigenvalue weighted by Crippen LogP contribution is 2.28. The molecule has 0 fully saturated rings. The molecule has 2 aromatic heterocycles. The molecule has 2 N–H and O–H groups in total. The topological polar surface area (TPSA) is 56.2 Å². The van der Waals surface area contributed by atoms with E-state index in [2.05, 4.69) is 28.3 Å². The molecule has 1 aliphatic carbocycles. The summed E-state index contributed by atoms with van der Waals surface area (Å²) in [5.41, 5.74) is 10.8. The van der Waals surface area contributed by atoms with Crippen molar-refractivity contribution in [2.45, 2.75) is 32.2 Å². The van der Waals surface area contributed by atoms with Crippen molar-refractivity contribution >= 4 is 16.3 Å². The molecule has 20 heavy (non-hydrogen) atoms. The minimum Gasteiger partial charge on any atom is -0.324 e. The summed E-state index contributed by atoms with van der Waals surface area (Å²) in [6.07, 6.45) is 7.03. The van der Waals surface area contributed by atoms with Gasteiger partial charge in [0.15, 0.2) is 0 Å². The van der Waals surface area contributed by atoms with E-state index in [-0.39, 0.29) is 0 Å². The van der Waals surface area contributed by atoms with Gasteiger partial charge in [-0.3, -0.25) is 0 Å². The number of nitrogens with two attached hydrogens (primary N) is 1. The largest absolute Gasteiger partial charge is 0.324 e. The Balaban J connectivity index is 1.76. The molecule has 0 saturated heterocycles. The van der Waals surface area contributed by atoms with Gasteiger partial charge in [-0.25, -0.2) is 9.50 Å². The third-order valence-electron chi connectivity index (χ3n) is 3.90. The molecule has 4 nitrogen and oxygen atoms in total. The van der Waals surface area contributed by atoms with Crippen molar-refractivity contribution in [1.29, 1.82) is 0 Å². The normalized spacial score (nSPS) is 14.7. The van der Waals surface area contributed by atoms with Gasteiger partial charge in [0, 0.05) is 12.1 Å². The number of nitrogens with zero attached hydrogens (tertiary/aromatic N) is 3. The molecule has 0 unspecified atom stereocenters. The van der Waals surface area contributed by atoms with Crippen molar-refractivity contribution in [2.75, 3.05) is 0 Å². The number of benzene rings is 1. The summed E-state index contributed by atoms with van der Waals surface area (Å²) in [5.74, 6) is 0. The molecule has 3 aromatic rings. The molecular weight excluding hydrogens is 268 g/mol. The van der Waals surface area contributed by atoms with E-state index in [0.717, 1.165) is 15.7 Å². The predicted octanol–water partition coefficient (Wildman–Crippen LogP) is 2.80. The molecule has 0 atom stereocenters. The van der Waals surface area contributed by atoms with Gasteiger partial charge in [-0.15, -0.1) is 0 Å². The summed E-state index contributed by atoms with van der Waals surface area (Å²) in [7, 11) is 0. The Kier molecular flexibility index (Phi) is 2.82. The molecule has 0 amide bonds. The molecule has 1 aliphatic rings. The number of aromatic nitrogens is 3. The lowest BCUT2D eigenvalue weighted by molar-refractivity contribution is 0.686. The van der Waals surface area contributed by atoms with E-state index in [9.17, 15) is 0 Å². The maximum atomic E-state index is 5.61. The van der Waals surface area contributed by atoms with Crippen LogP contribution in [0.5, 0.6) is 0 Å². The lowest BCUT2D eigenvalue weighted by atomic mass is 9.90. The highest BCUT2D eigenvalue weighted by molar-refractivity contribution is 7.16. The Labute approximate surface area is 121 Å². The van der Waals surface area contributed by atoms with Gasteiger partial charge in [0.2, 0.25) is 4.96 Å². The van der Waals surface area contributed by atoms with Crippen molar-refractivity contribution in [2.24, 2.45) is 5.73 Å². The van der Waals surface area contributed by atoms with Crippen LogP contribution in [0.25, 0.3) is 16.2 Å². The van der Waals surface area contributed by atoms with Gasteiger partial charge >= 0.3 is 0 Å². The molecular formula is C15H16N4S. The number of aryl methyl sites for hydroxylation is 2. The zero-order valence-corrected chi connectivity index (χ0v) is 12.0. The molecule has 5 heteroatoms. The average molecular weight is 284 g/mol. The number of rotatable bonds is 2. The quantitative estimate of drug-likeness (QED) is 0.787. The van der Waals surface area contributed by atoms with Crippen LogP contribution in [0.15, 0.2) is 24.4 Å². The summed E-state index contributed by atoms with van der Waals surface area (Å²) >= 11 is 1.56. The van der Waals surface area contributed by atoms with Crippen LogP contribution in [0.2, 0.25) is 0 Å². The van der Waals surface area contributed by atoms with E-state index in [1.165, 1.54) is 42.4 Å². The van der Waals surface area contributed by atoms with Gasteiger partial charge < -0.3 is 5.73 Å². The molecule has 0 radical (unpaired) electrons. The summed E-state index contributed by atoms with van der Waals surface area (Å²) in [4.78, 5) is 5.58. The van der Waals surface area contributed by atoms with Gasteiger partial charge in [0.25, 0.3) is 0 Å². The SMILES string of the molecule is NCc1nn2cc(-c3ccc4c(c3)CCCC4)nc2s1. The molecule has 4 rings (SSSR count). The van der Waals surface area contributed by atoms with E-state index in [1.54, 1.807) is 11.3 Å². The number of fused-ring (bicyclic) bond motifs is 2. The minimum atomic E-state index is 0.474. The van der Waals surface area contributed by atoms with Crippen LogP contribution < -0.4 is 5.73 Å². The molecule has 0 aliphatic heterocycles. The van der Waals surface area contributed by atoms with Crippen LogP contribution in [0.3, 0.4) is 0 Å². The Morgan fingerprint density at radius 1 is 1.20 bits per heavy atom. The van der Waals surface area contributed by atoms with Crippen LogP contribution in [-0.4, -0.2) is 14.6 Å². The molecule has 1 aromatic carbocycles. The molecule has 0 bridgehead atoms. The summed E-state index contributed by atoms with van der Waals surface area (Å²) in [5, 5.41) is 5.33. The monoisotopic (exact) mass is 284 g/mol. The van der Waals surface area contributed by atoms with Crippen LogP contribution in [0, 0.1) is 0 Å². The fraction of sp³-hybridized carbons (Fsp3) is 0.333. The Morgan fingerprint density at radius 3 is 2.85 bits per heavy atom. The summed E-state index contributed by atoms with van der Waals surface area (Å²) < 4.78 is 1.83. The first-order valence-electron chi connectivity index (χ1n) is 7.01.